The van der Waals surface area contributed by atoms with E-state index in [0.29, 0.717) is 22.6 Å². The summed E-state index contributed by atoms with van der Waals surface area (Å²) in [5.41, 5.74) is 9.45. The zero-order valence-corrected chi connectivity index (χ0v) is 14.3. The van der Waals surface area contributed by atoms with E-state index in [9.17, 15) is 14.9 Å². The fraction of sp³-hybridized carbons (Fsp3) is 0.125. The number of aromatic nitrogens is 2. The first-order chi connectivity index (χ1) is 12.9. The number of nitro benzene ring substituents is 1. The van der Waals surface area contributed by atoms with Crippen molar-refractivity contribution in [2.75, 3.05) is 5.73 Å². The van der Waals surface area contributed by atoms with Gasteiger partial charge in [-0.1, -0.05) is 0 Å². The maximum absolute atomic E-state index is 11.8. The number of nitrogens with one attached hydrogen (secondary N) is 1. The lowest BCUT2D eigenvalue weighted by molar-refractivity contribution is -0.385. The number of nitro groups is 1. The molecular weight excluding hydrogens is 356 g/mol. The molecule has 0 radical (unpaired) electrons. The van der Waals surface area contributed by atoms with Crippen molar-refractivity contribution < 1.29 is 18.8 Å². The molecule has 3 N–H and O–H groups in total. The van der Waals surface area contributed by atoms with E-state index in [4.69, 9.17) is 10.2 Å². The largest absolute Gasteiger partial charge is 0.455 e. The van der Waals surface area contributed by atoms with Crippen molar-refractivity contribution >= 4 is 23.6 Å². The molecule has 3 rings (SSSR count). The third-order valence-electron chi connectivity index (χ3n) is 3.72. The summed E-state index contributed by atoms with van der Waals surface area (Å²) in [6.45, 7) is 3.42. The second-order valence-electron chi connectivity index (χ2n) is 5.61. The number of furan rings is 1. The van der Waals surface area contributed by atoms with E-state index < -0.39 is 10.8 Å². The fourth-order valence-corrected chi connectivity index (χ4v) is 2.39. The molecule has 27 heavy (non-hydrogen) atoms. The molecule has 0 unspecified atom stereocenters. The first-order valence-electron chi connectivity index (χ1n) is 7.64. The third kappa shape index (κ3) is 3.66. The molecule has 2 aromatic heterocycles. The van der Waals surface area contributed by atoms with Gasteiger partial charge in [-0.2, -0.15) is 5.10 Å². The van der Waals surface area contributed by atoms with Crippen LogP contribution in [0.15, 0.2) is 38.4 Å². The highest BCUT2D eigenvalue weighted by Gasteiger charge is 2.17. The normalized spacial score (nSPS) is 11.0. The maximum atomic E-state index is 11.8. The Morgan fingerprint density at radius 2 is 2.07 bits per heavy atom. The van der Waals surface area contributed by atoms with Crippen LogP contribution in [0.1, 0.15) is 27.4 Å². The topological polar surface area (TPSA) is 163 Å². The van der Waals surface area contributed by atoms with E-state index in [1.807, 2.05) is 0 Å². The number of hydrogen-bond donors (Lipinski definition) is 2. The molecule has 0 aliphatic heterocycles. The molecule has 0 fully saturated rings. The summed E-state index contributed by atoms with van der Waals surface area (Å²) in [5, 5.41) is 21.4. The molecule has 0 atom stereocenters. The lowest BCUT2D eigenvalue weighted by Crippen LogP contribution is -2.19. The summed E-state index contributed by atoms with van der Waals surface area (Å²) >= 11 is 0. The van der Waals surface area contributed by atoms with Gasteiger partial charge in [-0.15, -0.1) is 0 Å². The van der Waals surface area contributed by atoms with Gasteiger partial charge in [0.25, 0.3) is 11.6 Å². The quantitative estimate of drug-likeness (QED) is 0.392. The van der Waals surface area contributed by atoms with Gasteiger partial charge in [0.05, 0.1) is 11.1 Å². The molecule has 11 nitrogen and oxygen atoms in total. The van der Waals surface area contributed by atoms with Gasteiger partial charge in [-0.3, -0.25) is 14.9 Å². The second-order valence-corrected chi connectivity index (χ2v) is 5.61. The van der Waals surface area contributed by atoms with Crippen LogP contribution in [0.5, 0.6) is 0 Å². The van der Waals surface area contributed by atoms with E-state index in [1.54, 1.807) is 32.0 Å². The van der Waals surface area contributed by atoms with Crippen LogP contribution >= 0.6 is 0 Å². The Labute approximate surface area is 152 Å². The summed E-state index contributed by atoms with van der Waals surface area (Å²) in [7, 11) is 0. The van der Waals surface area contributed by atoms with Gasteiger partial charge in [0.2, 0.25) is 11.5 Å². The van der Waals surface area contributed by atoms with Crippen molar-refractivity contribution in [1.82, 2.24) is 15.7 Å². The molecule has 3 aromatic rings. The molecule has 0 aliphatic carbocycles. The van der Waals surface area contributed by atoms with E-state index in [1.165, 1.54) is 12.3 Å². The first kappa shape index (κ1) is 17.8. The number of carbonyl (C=O) groups is 1. The number of benzene rings is 1. The third-order valence-corrected chi connectivity index (χ3v) is 3.72. The monoisotopic (exact) mass is 370 g/mol. The Bertz CT molecular complexity index is 1050. The van der Waals surface area contributed by atoms with Crippen molar-refractivity contribution in [3.05, 3.63) is 57.0 Å². The molecular formula is C16H14N6O5. The molecule has 0 bridgehead atoms. The molecule has 0 spiro atoms. The molecule has 138 valence electrons. The highest BCUT2D eigenvalue weighted by atomic mass is 16.6. The van der Waals surface area contributed by atoms with Crippen LogP contribution in [0.3, 0.4) is 0 Å². The lowest BCUT2D eigenvalue weighted by Gasteiger charge is -2.05. The Hall–Kier alpha value is -4.02. The number of hydrogen-bond acceptors (Lipinski definition) is 9. The zero-order valence-electron chi connectivity index (χ0n) is 14.3. The van der Waals surface area contributed by atoms with Gasteiger partial charge >= 0.3 is 0 Å². The highest BCUT2D eigenvalue weighted by molar-refractivity contribution is 5.96. The number of rotatable bonds is 5. The number of nitrogens with zero attached hydrogens (tertiary/aromatic N) is 4. The minimum absolute atomic E-state index is 0.0499. The predicted octanol–water partition coefficient (Wildman–Crippen LogP) is 2.20. The number of amides is 1. The van der Waals surface area contributed by atoms with Crippen molar-refractivity contribution in [2.24, 2.45) is 5.10 Å². The van der Waals surface area contributed by atoms with Gasteiger partial charge in [0.15, 0.2) is 0 Å². The Morgan fingerprint density at radius 1 is 1.30 bits per heavy atom. The number of anilines is 1. The molecule has 0 aliphatic rings. The summed E-state index contributed by atoms with van der Waals surface area (Å²) in [4.78, 5) is 22.3. The van der Waals surface area contributed by atoms with Crippen LogP contribution in [-0.2, 0) is 0 Å². The van der Waals surface area contributed by atoms with Crippen LogP contribution in [0.2, 0.25) is 0 Å². The van der Waals surface area contributed by atoms with Crippen LogP contribution in [0.25, 0.3) is 11.3 Å². The number of nitrogens with two attached hydrogens (primary N) is 1. The lowest BCUT2D eigenvalue weighted by atomic mass is 10.0. The average Bonchev–Trinajstić information content (AvgIpc) is 3.25. The molecule has 1 amide bonds. The zero-order chi connectivity index (χ0) is 19.6. The number of hydrazone groups is 1. The van der Waals surface area contributed by atoms with E-state index in [-0.39, 0.29) is 17.2 Å². The molecule has 0 saturated carbocycles. The summed E-state index contributed by atoms with van der Waals surface area (Å²) in [5.74, 6) is 0.0563. The minimum Gasteiger partial charge on any atom is -0.455 e. The van der Waals surface area contributed by atoms with Crippen LogP contribution in [0, 0.1) is 24.0 Å². The van der Waals surface area contributed by atoms with Gasteiger partial charge < -0.3 is 10.2 Å². The van der Waals surface area contributed by atoms with E-state index in [2.05, 4.69) is 25.5 Å². The van der Waals surface area contributed by atoms with Crippen molar-refractivity contribution in [1.29, 1.82) is 0 Å². The number of carbonyl (C=O) groups excluding carboxylic acids is 1. The molecule has 11 heteroatoms. The second kappa shape index (κ2) is 7.07. The van der Waals surface area contributed by atoms with Gasteiger partial charge in [0.1, 0.15) is 11.5 Å². The van der Waals surface area contributed by atoms with Crippen LogP contribution in [0.4, 0.5) is 11.5 Å². The maximum Gasteiger partial charge on any atom is 0.297 e. The van der Waals surface area contributed by atoms with Crippen molar-refractivity contribution in [2.45, 2.75) is 13.8 Å². The molecule has 1 aromatic carbocycles. The summed E-state index contributed by atoms with van der Waals surface area (Å²) < 4.78 is 9.99. The van der Waals surface area contributed by atoms with E-state index in [0.717, 1.165) is 5.56 Å². The van der Waals surface area contributed by atoms with E-state index >= 15 is 0 Å². The SMILES string of the molecule is Cc1cc([N+](=O)[O-])c(C)cc1-c1ccc(/C=N/NC(=O)c2nonc2N)o1. The first-order valence-corrected chi connectivity index (χ1v) is 7.64. The van der Waals surface area contributed by atoms with Gasteiger partial charge in [0, 0.05) is 17.2 Å². The van der Waals surface area contributed by atoms with Gasteiger partial charge in [-0.05, 0) is 47.9 Å². The molecule has 0 saturated heterocycles. The predicted molar refractivity (Wildman–Crippen MR) is 94.0 cm³/mol. The Kier molecular flexibility index (Phi) is 4.66. The number of nitrogen functional groups attached to an aromatic ring is 1. The highest BCUT2D eigenvalue weighted by Crippen LogP contribution is 2.30. The summed E-state index contributed by atoms with van der Waals surface area (Å²) in [6, 6.07) is 6.54. The Morgan fingerprint density at radius 3 is 2.74 bits per heavy atom. The standard InChI is InChI=1S/C16H14N6O5/c1-8-6-12(22(24)25)9(2)5-11(8)13-4-3-10(26-13)7-18-19-16(23)14-15(17)21-27-20-14/h3-7H,1-2H3,(H2,17,21)(H,19,23)/b18-7+. The van der Waals surface area contributed by atoms with Gasteiger partial charge in [-0.25, -0.2) is 10.1 Å². The minimum atomic E-state index is -0.682. The number of aryl methyl sites for hydroxylation is 2. The fourth-order valence-electron chi connectivity index (χ4n) is 2.39. The molecule has 2 heterocycles. The summed E-state index contributed by atoms with van der Waals surface area (Å²) in [6.07, 6.45) is 1.29. The van der Waals surface area contributed by atoms with Crippen LogP contribution in [-0.4, -0.2) is 27.4 Å². The smallest absolute Gasteiger partial charge is 0.297 e. The Balaban J connectivity index is 1.75. The van der Waals surface area contributed by atoms with Crippen LogP contribution < -0.4 is 11.2 Å². The van der Waals surface area contributed by atoms with Crippen molar-refractivity contribution in [3.8, 4) is 11.3 Å². The average molecular weight is 370 g/mol. The van der Waals surface area contributed by atoms with Crippen molar-refractivity contribution in [3.63, 3.8) is 0 Å².